The summed E-state index contributed by atoms with van der Waals surface area (Å²) in [6, 6.07) is 18.9. The first kappa shape index (κ1) is 26.7. The minimum Gasteiger partial charge on any atom is -0.317 e. The number of nitrogens with zero attached hydrogens (tertiary/aromatic N) is 2. The number of hydrogen-bond acceptors (Lipinski definition) is 6. The van der Waals surface area contributed by atoms with Gasteiger partial charge < -0.3 is 5.32 Å². The number of halogens is 2. The fraction of sp³-hybridized carbons (Fsp3) is 0.0435. The lowest BCUT2D eigenvalue weighted by atomic mass is 10.1. The van der Waals surface area contributed by atoms with E-state index in [9.17, 15) is 27.1 Å². The van der Waals surface area contributed by atoms with E-state index in [1.807, 2.05) is 0 Å². The zero-order chi connectivity index (χ0) is 26.7. The number of nitrogens with two attached hydrogens (primary N) is 1. The molecule has 0 radical (unpaired) electrons. The van der Waals surface area contributed by atoms with Gasteiger partial charge in [0.2, 0.25) is 16.3 Å². The zero-order valence-corrected chi connectivity index (χ0v) is 22.0. The number of amides is 1. The molecule has 0 saturated carbocycles. The van der Waals surface area contributed by atoms with Crippen LogP contribution in [0.25, 0.3) is 16.9 Å². The summed E-state index contributed by atoms with van der Waals surface area (Å²) in [5, 5.41) is 12.0. The van der Waals surface area contributed by atoms with E-state index in [0.29, 0.717) is 22.5 Å². The molecule has 0 fully saturated rings. The first-order valence-corrected chi connectivity index (χ1v) is 13.9. The number of nitrogens with one attached hydrogen (secondary N) is 1. The monoisotopic (exact) mass is 607 g/mol. The van der Waals surface area contributed by atoms with Crippen molar-refractivity contribution in [1.29, 1.82) is 0 Å². The molecule has 10 nitrogen and oxygen atoms in total. The minimum absolute atomic E-state index is 0.0891. The van der Waals surface area contributed by atoms with Crippen LogP contribution in [0, 0.1) is 5.82 Å². The molecule has 1 heterocycles. The molecule has 0 aliphatic rings. The smallest absolute Gasteiger partial charge is 0.317 e. The topological polar surface area (TPSA) is 154 Å². The van der Waals surface area contributed by atoms with E-state index in [1.54, 1.807) is 24.3 Å². The lowest BCUT2D eigenvalue weighted by molar-refractivity contribution is 0.0817. The van der Waals surface area contributed by atoms with E-state index < -0.39 is 36.2 Å². The zero-order valence-electron chi connectivity index (χ0n) is 18.7. The van der Waals surface area contributed by atoms with Gasteiger partial charge in [0.25, 0.3) is 5.91 Å². The van der Waals surface area contributed by atoms with Crippen LogP contribution in [-0.4, -0.2) is 29.0 Å². The molecule has 4 rings (SSSR count). The first-order chi connectivity index (χ1) is 17.5. The number of hydrogen-bond donors (Lipinski definition) is 3. The van der Waals surface area contributed by atoms with Gasteiger partial charge in [0.1, 0.15) is 5.82 Å². The summed E-state index contributed by atoms with van der Waals surface area (Å²) in [6.45, 7) is 0. The van der Waals surface area contributed by atoms with E-state index in [4.69, 9.17) is 9.66 Å². The summed E-state index contributed by atoms with van der Waals surface area (Å²) >= 11 is 3.30. The Kier molecular flexibility index (Phi) is 7.93. The molecule has 0 aliphatic carbocycles. The molecule has 2 atom stereocenters. The molecule has 190 valence electrons. The number of benzene rings is 3. The van der Waals surface area contributed by atoms with E-state index in [2.05, 4.69) is 26.3 Å². The van der Waals surface area contributed by atoms with Crippen LogP contribution in [0.1, 0.15) is 22.3 Å². The molecule has 0 spiro atoms. The fourth-order valence-corrected chi connectivity index (χ4v) is 4.52. The number of primary sulfonamides is 1. The van der Waals surface area contributed by atoms with E-state index in [1.165, 1.54) is 59.3 Å². The molecule has 3 aromatic carbocycles. The summed E-state index contributed by atoms with van der Waals surface area (Å²) in [5.74, 6) is -1.19. The van der Waals surface area contributed by atoms with Gasteiger partial charge in [-0.1, -0.05) is 32.6 Å². The number of rotatable bonds is 8. The second-order valence-corrected chi connectivity index (χ2v) is 10.8. The molecule has 37 heavy (non-hydrogen) atoms. The third-order valence-electron chi connectivity index (χ3n) is 5.12. The van der Waals surface area contributed by atoms with Gasteiger partial charge in [0.05, 0.1) is 16.3 Å². The van der Waals surface area contributed by atoms with Gasteiger partial charge in [-0.25, -0.2) is 22.6 Å². The van der Waals surface area contributed by atoms with Crippen molar-refractivity contribution < 1.29 is 31.6 Å². The Bertz CT molecular complexity index is 1560. The van der Waals surface area contributed by atoms with E-state index >= 15 is 0 Å². The van der Waals surface area contributed by atoms with Gasteiger partial charge in [-0.3, -0.25) is 4.79 Å². The summed E-state index contributed by atoms with van der Waals surface area (Å²) in [7, 11) is -6.98. The van der Waals surface area contributed by atoms with Crippen LogP contribution in [0.15, 0.2) is 88.2 Å². The molecular formula is C23H18BrFN4O6PS+. The molecule has 1 amide bonds. The highest BCUT2D eigenvalue weighted by Crippen LogP contribution is 2.29. The molecule has 1 aromatic heterocycles. The quantitative estimate of drug-likeness (QED) is 0.200. The lowest BCUT2D eigenvalue weighted by Crippen LogP contribution is -2.29. The highest BCUT2D eigenvalue weighted by molar-refractivity contribution is 9.10. The third kappa shape index (κ3) is 6.52. The molecule has 0 saturated heterocycles. The first-order valence-electron chi connectivity index (χ1n) is 10.4. The maximum atomic E-state index is 13.5. The van der Waals surface area contributed by atoms with Crippen molar-refractivity contribution in [3.63, 3.8) is 0 Å². The predicted octanol–water partition coefficient (Wildman–Crippen LogP) is 4.18. The Morgan fingerprint density at radius 2 is 1.70 bits per heavy atom. The Hall–Kier alpha value is -3.32. The summed E-state index contributed by atoms with van der Waals surface area (Å²) in [5.41, 5.74) is 1.62. The SMILES string of the molecule is NS(=O)(=O)c1ccc(-n2nc(C(=O)NC(O[P+](=O)O)c3ccc(Br)cc3)cc2-c2ccc(F)cc2)cc1. The third-order valence-corrected chi connectivity index (χ3v) is 6.97. The number of sulfonamides is 1. The van der Waals surface area contributed by atoms with Crippen molar-refractivity contribution >= 4 is 40.1 Å². The average Bonchev–Trinajstić information content (AvgIpc) is 3.29. The Morgan fingerprint density at radius 3 is 2.27 bits per heavy atom. The maximum Gasteiger partial charge on any atom is 0.697 e. The van der Waals surface area contributed by atoms with Crippen LogP contribution in [-0.2, 0) is 19.1 Å². The van der Waals surface area contributed by atoms with Crippen LogP contribution in [0.2, 0.25) is 0 Å². The van der Waals surface area contributed by atoms with Crippen LogP contribution in [0.3, 0.4) is 0 Å². The van der Waals surface area contributed by atoms with Crippen LogP contribution in [0.4, 0.5) is 4.39 Å². The van der Waals surface area contributed by atoms with Crippen molar-refractivity contribution in [3.8, 4) is 16.9 Å². The Labute approximate surface area is 220 Å². The predicted molar refractivity (Wildman–Crippen MR) is 136 cm³/mol. The lowest BCUT2D eigenvalue weighted by Gasteiger charge is -2.12. The van der Waals surface area contributed by atoms with E-state index in [0.717, 1.165) is 4.47 Å². The van der Waals surface area contributed by atoms with Crippen LogP contribution in [0.5, 0.6) is 0 Å². The van der Waals surface area contributed by atoms with Crippen molar-refractivity contribution in [2.45, 2.75) is 11.1 Å². The number of carbonyl (C=O) groups excluding carboxylic acids is 1. The second kappa shape index (κ2) is 11.0. The number of aromatic nitrogens is 2. The molecule has 0 aliphatic heterocycles. The highest BCUT2D eigenvalue weighted by atomic mass is 79.9. The normalized spacial score (nSPS) is 12.7. The standard InChI is InChI=1S/C23H17BrFN4O6PS/c24-16-5-1-15(2-6-16)23(35-36(31)32)27-22(30)20-13-21(14-3-7-17(25)8-4-14)29(28-20)18-9-11-19(12-10-18)37(26,33)34/h1-13,23H,(H3-,26,27,30,31,32,33,34)/p+1. The van der Waals surface area contributed by atoms with Crippen molar-refractivity contribution in [3.05, 3.63) is 100 Å². The van der Waals surface area contributed by atoms with Crippen molar-refractivity contribution in [1.82, 2.24) is 15.1 Å². The minimum atomic E-state index is -3.93. The number of carbonyl (C=O) groups is 1. The highest BCUT2D eigenvalue weighted by Gasteiger charge is 2.28. The molecule has 4 N–H and O–H groups in total. The van der Waals surface area contributed by atoms with Gasteiger partial charge in [-0.15, -0.1) is 4.89 Å². The van der Waals surface area contributed by atoms with Crippen LogP contribution >= 0.6 is 24.2 Å². The molecule has 0 bridgehead atoms. The second-order valence-electron chi connectivity index (χ2n) is 7.62. The fourth-order valence-electron chi connectivity index (χ4n) is 3.38. The van der Waals surface area contributed by atoms with Gasteiger partial charge in [-0.05, 0) is 66.7 Å². The summed E-state index contributed by atoms with van der Waals surface area (Å²) in [6.07, 6.45) is -1.26. The van der Waals surface area contributed by atoms with Gasteiger partial charge >= 0.3 is 8.25 Å². The average molecular weight is 608 g/mol. The maximum absolute atomic E-state index is 13.5. The molecule has 2 unspecified atom stereocenters. The van der Waals surface area contributed by atoms with Crippen molar-refractivity contribution in [2.75, 3.05) is 0 Å². The van der Waals surface area contributed by atoms with Gasteiger partial charge in [0, 0.05) is 20.2 Å². The summed E-state index contributed by atoms with van der Waals surface area (Å²) < 4.78 is 55.3. The Morgan fingerprint density at radius 1 is 1.08 bits per heavy atom. The van der Waals surface area contributed by atoms with Crippen LogP contribution < -0.4 is 10.5 Å². The Balaban J connectivity index is 1.73. The molecular weight excluding hydrogens is 590 g/mol. The summed E-state index contributed by atoms with van der Waals surface area (Å²) in [4.78, 5) is 22.3. The van der Waals surface area contributed by atoms with Crippen molar-refractivity contribution in [2.24, 2.45) is 5.14 Å². The van der Waals surface area contributed by atoms with E-state index in [-0.39, 0.29) is 10.6 Å². The molecule has 4 aromatic rings. The van der Waals surface area contributed by atoms with Gasteiger partial charge in [-0.2, -0.15) is 5.10 Å². The molecule has 14 heteroatoms. The largest absolute Gasteiger partial charge is 0.697 e. The van der Waals surface area contributed by atoms with Gasteiger partial charge in [0.15, 0.2) is 5.69 Å².